The Kier molecular flexibility index (Phi) is 1.54. The van der Waals surface area contributed by atoms with Crippen molar-refractivity contribution in [2.75, 3.05) is 6.54 Å². The number of fused-ring (bicyclic) bond motifs is 1. The zero-order valence-electron chi connectivity index (χ0n) is 6.01. The van der Waals surface area contributed by atoms with Gasteiger partial charge in [-0.15, -0.1) is 0 Å². The van der Waals surface area contributed by atoms with Crippen LogP contribution in [-0.2, 0) is 10.3 Å². The zero-order chi connectivity index (χ0) is 8.55. The molecule has 0 aromatic carbocycles. The summed E-state index contributed by atoms with van der Waals surface area (Å²) in [5.41, 5.74) is 0. The normalized spacial score (nSPS) is 19.5. The fourth-order valence-electron chi connectivity index (χ4n) is 1.01. The number of rotatable bonds is 0. The number of hydrogen-bond donors (Lipinski definition) is 0. The van der Waals surface area contributed by atoms with Crippen molar-refractivity contribution in [1.82, 2.24) is 5.01 Å². The van der Waals surface area contributed by atoms with E-state index in [2.05, 4.69) is 10.1 Å². The Bertz CT molecular complexity index is 422. The predicted octanol–water partition coefficient (Wildman–Crippen LogP) is -0.735. The lowest BCUT2D eigenvalue weighted by Gasteiger charge is -2.13. The van der Waals surface area contributed by atoms with Gasteiger partial charge in [0.1, 0.15) is 0 Å². The maximum absolute atomic E-state index is 10.6. The van der Waals surface area contributed by atoms with Gasteiger partial charge in [-0.3, -0.25) is 0 Å². The fourth-order valence-corrected chi connectivity index (χ4v) is 1.45. The van der Waals surface area contributed by atoms with Crippen LogP contribution in [0.2, 0.25) is 0 Å². The van der Waals surface area contributed by atoms with Crippen LogP contribution in [0.5, 0.6) is 0 Å². The minimum Gasteiger partial charge on any atom is -0.242 e. The molecule has 0 aliphatic carbocycles. The molecule has 0 spiro atoms. The lowest BCUT2D eigenvalue weighted by atomic mass is 10.4. The molecule has 0 aromatic rings. The monoisotopic (exact) mass is 183 g/mol. The largest absolute Gasteiger partial charge is 0.242 e. The van der Waals surface area contributed by atoms with Crippen LogP contribution < -0.4 is 0 Å². The molecule has 0 saturated heterocycles. The molecule has 2 aliphatic heterocycles. The minimum atomic E-state index is -2.25. The summed E-state index contributed by atoms with van der Waals surface area (Å²) in [5, 5.41) is 5.39. The smallest absolute Gasteiger partial charge is 0.226 e. The highest BCUT2D eigenvalue weighted by Gasteiger charge is 2.23. The van der Waals surface area contributed by atoms with Crippen molar-refractivity contribution in [2.24, 2.45) is 10.1 Å². The number of amidine groups is 1. The molecule has 2 aliphatic rings. The van der Waals surface area contributed by atoms with E-state index in [1.807, 2.05) is 0 Å². The van der Waals surface area contributed by atoms with Crippen LogP contribution in [0, 0.1) is 0 Å². The predicted molar refractivity (Wildman–Crippen MR) is 45.7 cm³/mol. The second kappa shape index (κ2) is 2.56. The Labute approximate surface area is 70.2 Å². The first-order valence-electron chi connectivity index (χ1n) is 3.30. The molecule has 0 saturated carbocycles. The molecular weight excluding hydrogens is 178 g/mol. The van der Waals surface area contributed by atoms with Gasteiger partial charge in [0, 0.05) is 6.20 Å². The maximum atomic E-state index is 10.6. The third-order valence-corrected chi connectivity index (χ3v) is 2.19. The van der Waals surface area contributed by atoms with Gasteiger partial charge in [0.05, 0.1) is 12.8 Å². The maximum Gasteiger partial charge on any atom is 0.226 e. The molecule has 0 radical (unpaired) electrons. The second-order valence-corrected chi connectivity index (χ2v) is 3.17. The molecule has 0 bridgehead atoms. The van der Waals surface area contributed by atoms with E-state index in [0.29, 0.717) is 12.4 Å². The summed E-state index contributed by atoms with van der Waals surface area (Å²) < 4.78 is 21.2. The highest BCUT2D eigenvalue weighted by molar-refractivity contribution is 7.76. The quantitative estimate of drug-likeness (QED) is 0.465. The Balaban J connectivity index is 2.58. The van der Waals surface area contributed by atoms with E-state index in [-0.39, 0.29) is 4.86 Å². The molecule has 2 heterocycles. The standard InChI is InChI=1S/C6H5N3O2S/c10-12(11)5-4-8-9-3-1-2-7-6(5)9/h1-2,4H,3H2. The molecule has 0 unspecified atom stereocenters. The number of aliphatic imine (C=N–C) groups is 1. The Morgan fingerprint density at radius 1 is 1.50 bits per heavy atom. The third-order valence-electron chi connectivity index (χ3n) is 1.54. The van der Waals surface area contributed by atoms with Gasteiger partial charge in [-0.25, -0.2) is 10.0 Å². The van der Waals surface area contributed by atoms with E-state index in [4.69, 9.17) is 0 Å². The van der Waals surface area contributed by atoms with Crippen LogP contribution in [0.25, 0.3) is 0 Å². The molecular formula is C6H5N3O2S. The van der Waals surface area contributed by atoms with Crippen molar-refractivity contribution in [2.45, 2.75) is 0 Å². The fraction of sp³-hybridized carbons (Fsp3) is 0.167. The van der Waals surface area contributed by atoms with E-state index >= 15 is 0 Å². The van der Waals surface area contributed by atoms with Crippen LogP contribution >= 0.6 is 0 Å². The first-order chi connectivity index (χ1) is 5.79. The third kappa shape index (κ3) is 0.964. The van der Waals surface area contributed by atoms with Crippen LogP contribution in [0.4, 0.5) is 0 Å². The average molecular weight is 183 g/mol. The van der Waals surface area contributed by atoms with E-state index in [1.165, 1.54) is 11.2 Å². The first-order valence-corrected chi connectivity index (χ1v) is 4.37. The second-order valence-electron chi connectivity index (χ2n) is 2.26. The summed E-state index contributed by atoms with van der Waals surface area (Å²) in [5.74, 6) is 0.408. The summed E-state index contributed by atoms with van der Waals surface area (Å²) in [6.07, 6.45) is 4.68. The molecule has 12 heavy (non-hydrogen) atoms. The van der Waals surface area contributed by atoms with Crippen molar-refractivity contribution in [1.29, 1.82) is 0 Å². The van der Waals surface area contributed by atoms with E-state index in [0.717, 1.165) is 0 Å². The summed E-state index contributed by atoms with van der Waals surface area (Å²) in [6.45, 7) is 0.579. The molecule has 62 valence electrons. The lowest BCUT2D eigenvalue weighted by Crippen LogP contribution is -2.28. The van der Waals surface area contributed by atoms with Crippen molar-refractivity contribution in [3.05, 3.63) is 12.3 Å². The van der Waals surface area contributed by atoms with Gasteiger partial charge >= 0.3 is 0 Å². The van der Waals surface area contributed by atoms with Crippen molar-refractivity contribution in [3.8, 4) is 0 Å². The Morgan fingerprint density at radius 2 is 2.33 bits per heavy atom. The number of hydrogen-bond acceptors (Lipinski definition) is 5. The molecule has 5 nitrogen and oxygen atoms in total. The van der Waals surface area contributed by atoms with Gasteiger partial charge in [0.2, 0.25) is 10.3 Å². The first kappa shape index (κ1) is 7.23. The molecule has 0 fully saturated rings. The van der Waals surface area contributed by atoms with Crippen LogP contribution in [-0.4, -0.2) is 36.9 Å². The van der Waals surface area contributed by atoms with Crippen molar-refractivity contribution < 1.29 is 8.42 Å². The van der Waals surface area contributed by atoms with Gasteiger partial charge in [-0.05, 0) is 6.08 Å². The lowest BCUT2D eigenvalue weighted by molar-refractivity contribution is 0.505. The van der Waals surface area contributed by atoms with Gasteiger partial charge < -0.3 is 0 Å². The van der Waals surface area contributed by atoms with Gasteiger partial charge in [-0.1, -0.05) is 0 Å². The molecule has 0 N–H and O–H groups in total. The molecule has 0 amide bonds. The summed E-state index contributed by atoms with van der Waals surface area (Å²) in [6, 6.07) is 0. The van der Waals surface area contributed by atoms with Crippen molar-refractivity contribution in [3.63, 3.8) is 0 Å². The van der Waals surface area contributed by atoms with Crippen LogP contribution in [0.1, 0.15) is 0 Å². The molecule has 2 rings (SSSR count). The van der Waals surface area contributed by atoms with E-state index in [1.54, 1.807) is 12.3 Å². The van der Waals surface area contributed by atoms with Gasteiger partial charge in [0.25, 0.3) is 0 Å². The molecule has 0 aromatic heterocycles. The Hall–Kier alpha value is -1.43. The minimum absolute atomic E-state index is 0.152. The Morgan fingerprint density at radius 3 is 3.08 bits per heavy atom. The van der Waals surface area contributed by atoms with Gasteiger partial charge in [-0.2, -0.15) is 13.5 Å². The van der Waals surface area contributed by atoms with Gasteiger partial charge in [0.15, 0.2) is 10.7 Å². The van der Waals surface area contributed by atoms with Crippen molar-refractivity contribution >= 4 is 27.2 Å². The van der Waals surface area contributed by atoms with Crippen LogP contribution in [0.15, 0.2) is 22.4 Å². The summed E-state index contributed by atoms with van der Waals surface area (Å²) in [7, 11) is -2.25. The SMILES string of the molecule is O=S(=O)=C1C=NN2CC=CN=C12. The molecule has 6 heteroatoms. The van der Waals surface area contributed by atoms with E-state index in [9.17, 15) is 8.42 Å². The van der Waals surface area contributed by atoms with E-state index < -0.39 is 10.3 Å². The number of hydrazone groups is 1. The average Bonchev–Trinajstić information content (AvgIpc) is 2.47. The molecule has 0 atom stereocenters. The zero-order valence-corrected chi connectivity index (χ0v) is 6.82. The summed E-state index contributed by atoms with van der Waals surface area (Å²) >= 11 is 0. The summed E-state index contributed by atoms with van der Waals surface area (Å²) in [4.78, 5) is 4.05. The highest BCUT2D eigenvalue weighted by atomic mass is 32.2. The highest BCUT2D eigenvalue weighted by Crippen LogP contribution is 2.06. The topological polar surface area (TPSA) is 62.1 Å². The number of nitrogens with zero attached hydrogens (tertiary/aromatic N) is 3. The van der Waals surface area contributed by atoms with Crippen LogP contribution in [0.3, 0.4) is 0 Å².